The quantitative estimate of drug-likeness (QED) is 0.916. The van der Waals surface area contributed by atoms with E-state index in [1.165, 1.54) is 17.8 Å². The maximum atomic E-state index is 11.0. The van der Waals surface area contributed by atoms with E-state index in [4.69, 9.17) is 5.11 Å². The van der Waals surface area contributed by atoms with Crippen molar-refractivity contribution in [1.29, 1.82) is 0 Å². The molecule has 1 saturated heterocycles. The first-order chi connectivity index (χ1) is 9.02. The lowest BCUT2D eigenvalue weighted by Crippen LogP contribution is -2.49. The Balaban J connectivity index is 2.02. The van der Waals surface area contributed by atoms with Gasteiger partial charge in [-0.05, 0) is 20.3 Å². The summed E-state index contributed by atoms with van der Waals surface area (Å²) in [6.07, 6.45) is 1.17. The lowest BCUT2D eigenvalue weighted by Gasteiger charge is -2.37. The number of aromatic carboxylic acids is 1. The molecular weight excluding hydrogens is 262 g/mol. The maximum absolute atomic E-state index is 11.0. The number of aromatic nitrogens is 1. The smallest absolute Gasteiger partial charge is 0.347 e. The summed E-state index contributed by atoms with van der Waals surface area (Å²) in [6, 6.07) is 0.620. The number of hydrogen-bond acceptors (Lipinski definition) is 5. The van der Waals surface area contributed by atoms with Crippen LogP contribution in [0.4, 0.5) is 5.13 Å². The van der Waals surface area contributed by atoms with Gasteiger partial charge in [0.05, 0.1) is 5.69 Å². The van der Waals surface area contributed by atoms with Gasteiger partial charge < -0.3 is 10.0 Å². The van der Waals surface area contributed by atoms with E-state index >= 15 is 0 Å². The van der Waals surface area contributed by atoms with Crippen LogP contribution >= 0.6 is 11.3 Å². The van der Waals surface area contributed by atoms with Crippen LogP contribution < -0.4 is 4.90 Å². The van der Waals surface area contributed by atoms with E-state index in [-0.39, 0.29) is 0 Å². The standard InChI is InChI=1S/C13H21N3O2S/c1-4-9(2)15-5-7-16(8-6-15)13-14-10(3)11(19-13)12(17)18/h9H,4-8H2,1-3H3,(H,17,18). The first-order valence-electron chi connectivity index (χ1n) is 6.72. The van der Waals surface area contributed by atoms with Crippen molar-refractivity contribution in [2.75, 3.05) is 31.1 Å². The number of rotatable bonds is 4. The molecule has 1 unspecified atom stereocenters. The first-order valence-corrected chi connectivity index (χ1v) is 7.54. The van der Waals surface area contributed by atoms with E-state index < -0.39 is 5.97 Å². The number of anilines is 1. The van der Waals surface area contributed by atoms with E-state index in [0.717, 1.165) is 31.3 Å². The van der Waals surface area contributed by atoms with Crippen molar-refractivity contribution in [3.63, 3.8) is 0 Å². The molecule has 19 heavy (non-hydrogen) atoms. The number of thiazole rings is 1. The van der Waals surface area contributed by atoms with Crippen LogP contribution in [0.15, 0.2) is 0 Å². The van der Waals surface area contributed by atoms with Crippen LogP contribution in [0.25, 0.3) is 0 Å². The van der Waals surface area contributed by atoms with Crippen molar-refractivity contribution < 1.29 is 9.90 Å². The van der Waals surface area contributed by atoms with Gasteiger partial charge in [-0.3, -0.25) is 4.90 Å². The fourth-order valence-corrected chi connectivity index (χ4v) is 3.29. The van der Waals surface area contributed by atoms with Gasteiger partial charge in [-0.25, -0.2) is 9.78 Å². The summed E-state index contributed by atoms with van der Waals surface area (Å²) in [5.41, 5.74) is 0.622. The van der Waals surface area contributed by atoms with Crippen LogP contribution in [-0.4, -0.2) is 53.2 Å². The summed E-state index contributed by atoms with van der Waals surface area (Å²) < 4.78 is 0. The highest BCUT2D eigenvalue weighted by molar-refractivity contribution is 7.17. The molecule has 2 heterocycles. The van der Waals surface area contributed by atoms with Crippen molar-refractivity contribution in [1.82, 2.24) is 9.88 Å². The van der Waals surface area contributed by atoms with Crippen LogP contribution in [0.3, 0.4) is 0 Å². The lowest BCUT2D eigenvalue weighted by atomic mass is 10.2. The Bertz CT molecular complexity index is 453. The van der Waals surface area contributed by atoms with Crippen LogP contribution in [0.2, 0.25) is 0 Å². The topological polar surface area (TPSA) is 56.7 Å². The van der Waals surface area contributed by atoms with E-state index in [0.29, 0.717) is 16.6 Å². The molecule has 1 aromatic rings. The molecule has 0 aromatic carbocycles. The van der Waals surface area contributed by atoms with Gasteiger partial charge in [0.1, 0.15) is 4.88 Å². The molecule has 0 spiro atoms. The van der Waals surface area contributed by atoms with Gasteiger partial charge in [0, 0.05) is 32.2 Å². The minimum atomic E-state index is -0.875. The minimum Gasteiger partial charge on any atom is -0.477 e. The molecule has 1 aliphatic heterocycles. The molecule has 1 atom stereocenters. The van der Waals surface area contributed by atoms with Gasteiger partial charge in [0.15, 0.2) is 5.13 Å². The predicted octanol–water partition coefficient (Wildman–Crippen LogP) is 2.07. The number of hydrogen-bond donors (Lipinski definition) is 1. The van der Waals surface area contributed by atoms with Gasteiger partial charge in [0.25, 0.3) is 0 Å². The molecular formula is C13H21N3O2S. The zero-order valence-electron chi connectivity index (χ0n) is 11.7. The van der Waals surface area contributed by atoms with Crippen LogP contribution in [-0.2, 0) is 0 Å². The molecule has 1 aromatic heterocycles. The van der Waals surface area contributed by atoms with Gasteiger partial charge in [-0.1, -0.05) is 18.3 Å². The van der Waals surface area contributed by atoms with Gasteiger partial charge in [0.2, 0.25) is 0 Å². The van der Waals surface area contributed by atoms with E-state index in [1.54, 1.807) is 6.92 Å². The van der Waals surface area contributed by atoms with Crippen molar-refractivity contribution in [2.45, 2.75) is 33.2 Å². The molecule has 0 bridgehead atoms. The molecule has 2 rings (SSSR count). The second-order valence-electron chi connectivity index (χ2n) is 5.00. The minimum absolute atomic E-state index is 0.361. The Morgan fingerprint density at radius 1 is 1.42 bits per heavy atom. The maximum Gasteiger partial charge on any atom is 0.347 e. The number of nitrogens with zero attached hydrogens (tertiary/aromatic N) is 3. The Labute approximate surface area is 117 Å². The van der Waals surface area contributed by atoms with Crippen molar-refractivity contribution in [3.8, 4) is 0 Å². The summed E-state index contributed by atoms with van der Waals surface area (Å²) in [7, 11) is 0. The summed E-state index contributed by atoms with van der Waals surface area (Å²) in [6.45, 7) is 10.1. The highest BCUT2D eigenvalue weighted by Gasteiger charge is 2.23. The Morgan fingerprint density at radius 2 is 2.05 bits per heavy atom. The van der Waals surface area contributed by atoms with E-state index in [2.05, 4.69) is 28.6 Å². The monoisotopic (exact) mass is 283 g/mol. The zero-order chi connectivity index (χ0) is 14.0. The van der Waals surface area contributed by atoms with Crippen LogP contribution in [0.1, 0.15) is 35.6 Å². The number of aryl methyl sites for hydroxylation is 1. The number of carbonyl (C=O) groups is 1. The van der Waals surface area contributed by atoms with Gasteiger partial charge in [-0.15, -0.1) is 0 Å². The normalized spacial score (nSPS) is 18.6. The first kappa shape index (κ1) is 14.3. The molecule has 1 aliphatic rings. The Kier molecular flexibility index (Phi) is 4.42. The second kappa shape index (κ2) is 5.88. The summed E-state index contributed by atoms with van der Waals surface area (Å²) in [4.78, 5) is 20.5. The largest absolute Gasteiger partial charge is 0.477 e. The third-order valence-electron chi connectivity index (χ3n) is 3.78. The zero-order valence-corrected chi connectivity index (χ0v) is 12.5. The fraction of sp³-hybridized carbons (Fsp3) is 0.692. The van der Waals surface area contributed by atoms with E-state index in [1.807, 2.05) is 0 Å². The van der Waals surface area contributed by atoms with Crippen molar-refractivity contribution in [2.24, 2.45) is 0 Å². The highest BCUT2D eigenvalue weighted by Crippen LogP contribution is 2.27. The van der Waals surface area contributed by atoms with Crippen LogP contribution in [0.5, 0.6) is 0 Å². The molecule has 0 aliphatic carbocycles. The Hall–Kier alpha value is -1.14. The number of piperazine rings is 1. The predicted molar refractivity (Wildman–Crippen MR) is 77.3 cm³/mol. The summed E-state index contributed by atoms with van der Waals surface area (Å²) in [5.74, 6) is -0.875. The SMILES string of the molecule is CCC(C)N1CCN(c2nc(C)c(C(=O)O)s2)CC1. The fourth-order valence-electron chi connectivity index (χ4n) is 2.33. The molecule has 106 valence electrons. The number of carboxylic acid groups (broad SMARTS) is 1. The molecule has 0 radical (unpaired) electrons. The highest BCUT2D eigenvalue weighted by atomic mass is 32.1. The number of carboxylic acids is 1. The third-order valence-corrected chi connectivity index (χ3v) is 4.98. The summed E-state index contributed by atoms with van der Waals surface area (Å²) >= 11 is 1.29. The summed E-state index contributed by atoms with van der Waals surface area (Å²) in [5, 5.41) is 9.91. The van der Waals surface area contributed by atoms with Crippen molar-refractivity contribution >= 4 is 22.4 Å². The van der Waals surface area contributed by atoms with Crippen molar-refractivity contribution in [3.05, 3.63) is 10.6 Å². The van der Waals surface area contributed by atoms with Gasteiger partial charge >= 0.3 is 5.97 Å². The third kappa shape index (κ3) is 3.06. The Morgan fingerprint density at radius 3 is 2.53 bits per heavy atom. The average Bonchev–Trinajstić information content (AvgIpc) is 2.80. The van der Waals surface area contributed by atoms with Crippen LogP contribution in [0, 0.1) is 6.92 Å². The molecule has 6 heteroatoms. The second-order valence-corrected chi connectivity index (χ2v) is 5.97. The molecule has 0 saturated carbocycles. The molecule has 0 amide bonds. The molecule has 1 fully saturated rings. The van der Waals surface area contributed by atoms with Gasteiger partial charge in [-0.2, -0.15) is 0 Å². The lowest BCUT2D eigenvalue weighted by molar-refractivity contribution is 0.0701. The van der Waals surface area contributed by atoms with E-state index in [9.17, 15) is 4.79 Å². The molecule has 5 nitrogen and oxygen atoms in total. The molecule has 1 N–H and O–H groups in total. The average molecular weight is 283 g/mol.